The lowest BCUT2D eigenvalue weighted by Gasteiger charge is -2.30. The fourth-order valence-electron chi connectivity index (χ4n) is 3.42. The quantitative estimate of drug-likeness (QED) is 0.727. The lowest BCUT2D eigenvalue weighted by molar-refractivity contribution is 0.122. The first-order chi connectivity index (χ1) is 11.7. The molecule has 3 heterocycles. The molecule has 1 fully saturated rings. The highest BCUT2D eigenvalue weighted by atomic mass is 16.5. The molecule has 4 rings (SSSR count). The molecule has 0 radical (unpaired) electrons. The average Bonchev–Trinajstić information content (AvgIpc) is 2.93. The number of benzene rings is 1. The maximum absolute atomic E-state index is 5.51. The zero-order chi connectivity index (χ0) is 16.7. The van der Waals surface area contributed by atoms with Gasteiger partial charge < -0.3 is 9.64 Å². The highest BCUT2D eigenvalue weighted by molar-refractivity contribution is 5.81. The van der Waals surface area contributed by atoms with E-state index in [1.165, 1.54) is 5.56 Å². The van der Waals surface area contributed by atoms with E-state index < -0.39 is 0 Å². The molecule has 0 aliphatic carbocycles. The van der Waals surface area contributed by atoms with Crippen molar-refractivity contribution in [3.8, 4) is 11.1 Å². The Morgan fingerprint density at radius 3 is 2.38 bits per heavy atom. The van der Waals surface area contributed by atoms with Crippen molar-refractivity contribution < 1.29 is 4.74 Å². The molecule has 0 spiro atoms. The van der Waals surface area contributed by atoms with Gasteiger partial charge in [0.25, 0.3) is 0 Å². The van der Waals surface area contributed by atoms with E-state index in [1.807, 2.05) is 10.6 Å². The van der Waals surface area contributed by atoms with Crippen molar-refractivity contribution in [3.63, 3.8) is 0 Å². The maximum Gasteiger partial charge on any atom is 0.165 e. The molecule has 0 amide bonds. The summed E-state index contributed by atoms with van der Waals surface area (Å²) in [6.07, 6.45) is 0. The molecule has 0 unspecified atom stereocenters. The first-order valence-corrected chi connectivity index (χ1v) is 8.41. The number of fused-ring (bicyclic) bond motifs is 1. The van der Waals surface area contributed by atoms with Crippen LogP contribution in [0.2, 0.25) is 0 Å². The van der Waals surface area contributed by atoms with Gasteiger partial charge in [0.1, 0.15) is 5.82 Å². The number of rotatable bonds is 2. The molecule has 2 aromatic heterocycles. The smallest absolute Gasteiger partial charge is 0.165 e. The number of hydrogen-bond donors (Lipinski definition) is 0. The average molecular weight is 322 g/mol. The third kappa shape index (κ3) is 2.36. The number of nitrogens with zero attached hydrogens (tertiary/aromatic N) is 4. The number of anilines is 1. The largest absolute Gasteiger partial charge is 0.378 e. The second-order valence-electron chi connectivity index (χ2n) is 6.31. The molecule has 5 heteroatoms. The molecule has 1 aromatic carbocycles. The molecule has 1 aliphatic rings. The topological polar surface area (TPSA) is 42.7 Å². The Balaban J connectivity index is 1.98. The Hall–Kier alpha value is -2.40. The van der Waals surface area contributed by atoms with E-state index in [9.17, 15) is 0 Å². The van der Waals surface area contributed by atoms with E-state index >= 15 is 0 Å². The van der Waals surface area contributed by atoms with E-state index in [-0.39, 0.29) is 0 Å². The Kier molecular flexibility index (Phi) is 3.73. The highest BCUT2D eigenvalue weighted by Crippen LogP contribution is 2.32. The molecule has 0 bridgehead atoms. The predicted molar refractivity (Wildman–Crippen MR) is 95.7 cm³/mol. The van der Waals surface area contributed by atoms with Crippen LogP contribution in [0.4, 0.5) is 5.82 Å². The number of aromatic nitrogens is 3. The van der Waals surface area contributed by atoms with Crippen molar-refractivity contribution in [3.05, 3.63) is 47.3 Å². The third-order valence-electron chi connectivity index (χ3n) is 4.76. The first-order valence-electron chi connectivity index (χ1n) is 8.41. The summed E-state index contributed by atoms with van der Waals surface area (Å²) in [6, 6.07) is 10.4. The molecule has 1 saturated heterocycles. The van der Waals surface area contributed by atoms with Crippen molar-refractivity contribution in [2.45, 2.75) is 20.8 Å². The normalized spacial score (nSPS) is 15.2. The van der Waals surface area contributed by atoms with E-state index in [0.717, 1.165) is 60.3 Å². The zero-order valence-corrected chi connectivity index (χ0v) is 14.4. The van der Waals surface area contributed by atoms with Crippen LogP contribution in [0.1, 0.15) is 17.0 Å². The van der Waals surface area contributed by atoms with Crippen LogP contribution < -0.4 is 4.90 Å². The standard InChI is InChI=1S/C19H22N4O/c1-13-14(2)20-18-17(16-7-5-4-6-8-16)15(3)21-23(18)19(13)22-9-11-24-12-10-22/h4-8H,9-12H2,1-3H3. The molecule has 5 nitrogen and oxygen atoms in total. The van der Waals surface area contributed by atoms with Crippen LogP contribution in [-0.2, 0) is 4.74 Å². The van der Waals surface area contributed by atoms with Gasteiger partial charge in [0.15, 0.2) is 5.65 Å². The fourth-order valence-corrected chi connectivity index (χ4v) is 3.42. The first kappa shape index (κ1) is 15.1. The third-order valence-corrected chi connectivity index (χ3v) is 4.76. The lowest BCUT2D eigenvalue weighted by Crippen LogP contribution is -2.38. The van der Waals surface area contributed by atoms with Crippen LogP contribution in [0.25, 0.3) is 16.8 Å². The van der Waals surface area contributed by atoms with Gasteiger partial charge in [-0.25, -0.2) is 4.98 Å². The van der Waals surface area contributed by atoms with Crippen molar-refractivity contribution >= 4 is 11.5 Å². The van der Waals surface area contributed by atoms with Crippen molar-refractivity contribution in [1.29, 1.82) is 0 Å². The van der Waals surface area contributed by atoms with Gasteiger partial charge in [0.05, 0.1) is 18.9 Å². The number of aryl methyl sites for hydroxylation is 2. The van der Waals surface area contributed by atoms with Crippen molar-refractivity contribution in [2.75, 3.05) is 31.2 Å². The molecule has 124 valence electrons. The molecule has 0 saturated carbocycles. The van der Waals surface area contributed by atoms with E-state index in [2.05, 4.69) is 49.9 Å². The van der Waals surface area contributed by atoms with Crippen LogP contribution >= 0.6 is 0 Å². The molecule has 3 aromatic rings. The summed E-state index contributed by atoms with van der Waals surface area (Å²) >= 11 is 0. The molecule has 0 N–H and O–H groups in total. The molecule has 0 atom stereocenters. The van der Waals surface area contributed by atoms with Crippen LogP contribution in [0.5, 0.6) is 0 Å². The minimum absolute atomic E-state index is 0.758. The van der Waals surface area contributed by atoms with Gasteiger partial charge in [-0.05, 0) is 26.3 Å². The Morgan fingerprint density at radius 1 is 0.958 bits per heavy atom. The van der Waals surface area contributed by atoms with Crippen molar-refractivity contribution in [1.82, 2.24) is 14.6 Å². The predicted octanol–water partition coefficient (Wildman–Crippen LogP) is 3.16. The van der Waals surface area contributed by atoms with Gasteiger partial charge >= 0.3 is 0 Å². The molecular formula is C19H22N4O. The number of ether oxygens (including phenoxy) is 1. The van der Waals surface area contributed by atoms with Gasteiger partial charge in [0, 0.05) is 29.9 Å². The lowest BCUT2D eigenvalue weighted by atomic mass is 10.1. The summed E-state index contributed by atoms with van der Waals surface area (Å²) in [7, 11) is 0. The number of hydrogen-bond acceptors (Lipinski definition) is 4. The van der Waals surface area contributed by atoms with E-state index in [0.29, 0.717) is 0 Å². The highest BCUT2D eigenvalue weighted by Gasteiger charge is 2.22. The minimum Gasteiger partial charge on any atom is -0.378 e. The fraction of sp³-hybridized carbons (Fsp3) is 0.368. The van der Waals surface area contributed by atoms with Gasteiger partial charge in [0.2, 0.25) is 0 Å². The van der Waals surface area contributed by atoms with Gasteiger partial charge in [-0.3, -0.25) is 0 Å². The van der Waals surface area contributed by atoms with Crippen molar-refractivity contribution in [2.24, 2.45) is 0 Å². The molecular weight excluding hydrogens is 300 g/mol. The Morgan fingerprint density at radius 2 is 1.67 bits per heavy atom. The summed E-state index contributed by atoms with van der Waals surface area (Å²) in [4.78, 5) is 7.23. The number of morpholine rings is 1. The molecule has 24 heavy (non-hydrogen) atoms. The second-order valence-corrected chi connectivity index (χ2v) is 6.31. The summed E-state index contributed by atoms with van der Waals surface area (Å²) in [5.74, 6) is 1.14. The van der Waals surface area contributed by atoms with E-state index in [1.54, 1.807) is 0 Å². The SMILES string of the molecule is Cc1nc2c(-c3ccccc3)c(C)nn2c(N2CCOCC2)c1C. The van der Waals surface area contributed by atoms with Crippen LogP contribution in [-0.4, -0.2) is 40.9 Å². The monoisotopic (exact) mass is 322 g/mol. The maximum atomic E-state index is 5.51. The second kappa shape index (κ2) is 5.91. The zero-order valence-electron chi connectivity index (χ0n) is 14.4. The summed E-state index contributed by atoms with van der Waals surface area (Å²) in [5.41, 5.74) is 6.46. The summed E-state index contributed by atoms with van der Waals surface area (Å²) < 4.78 is 7.53. The van der Waals surface area contributed by atoms with Crippen LogP contribution in [0.3, 0.4) is 0 Å². The van der Waals surface area contributed by atoms with Crippen LogP contribution in [0.15, 0.2) is 30.3 Å². The van der Waals surface area contributed by atoms with E-state index in [4.69, 9.17) is 14.8 Å². The molecule has 1 aliphatic heterocycles. The Labute approximate surface area is 141 Å². The summed E-state index contributed by atoms with van der Waals surface area (Å²) in [6.45, 7) is 9.56. The summed E-state index contributed by atoms with van der Waals surface area (Å²) in [5, 5.41) is 4.84. The van der Waals surface area contributed by atoms with Crippen LogP contribution in [0, 0.1) is 20.8 Å². The Bertz CT molecular complexity index is 880. The van der Waals surface area contributed by atoms with Gasteiger partial charge in [-0.2, -0.15) is 9.61 Å². The van der Waals surface area contributed by atoms with Gasteiger partial charge in [-0.1, -0.05) is 30.3 Å². The minimum atomic E-state index is 0.758. The van der Waals surface area contributed by atoms with Gasteiger partial charge in [-0.15, -0.1) is 0 Å².